The van der Waals surface area contributed by atoms with Crippen molar-refractivity contribution in [2.75, 3.05) is 32.1 Å². The monoisotopic (exact) mass is 440 g/mol. The highest BCUT2D eigenvalue weighted by atomic mass is 19.1. The molecule has 3 heterocycles. The third-order valence-electron chi connectivity index (χ3n) is 5.49. The van der Waals surface area contributed by atoms with E-state index in [2.05, 4.69) is 15.2 Å². The van der Waals surface area contributed by atoms with Crippen LogP contribution in [0.4, 0.5) is 14.5 Å². The topological polar surface area (TPSA) is 91.7 Å². The lowest BCUT2D eigenvalue weighted by molar-refractivity contribution is -0.0190. The first kappa shape index (κ1) is 21.9. The van der Waals surface area contributed by atoms with E-state index in [1.807, 2.05) is 36.7 Å². The summed E-state index contributed by atoms with van der Waals surface area (Å²) >= 11 is 0. The van der Waals surface area contributed by atoms with Crippen molar-refractivity contribution in [2.24, 2.45) is 5.73 Å². The van der Waals surface area contributed by atoms with Gasteiger partial charge < -0.3 is 30.5 Å². The second-order valence-corrected chi connectivity index (χ2v) is 8.05. The molecule has 4 rings (SSSR count). The summed E-state index contributed by atoms with van der Waals surface area (Å²) in [6.07, 6.45) is 4.48. The smallest absolute Gasteiger partial charge is 0.137 e. The largest absolute Gasteiger partial charge is 0.396 e. The van der Waals surface area contributed by atoms with E-state index in [-0.39, 0.29) is 28.7 Å². The van der Waals surface area contributed by atoms with Gasteiger partial charge in [0, 0.05) is 43.8 Å². The number of hydrogen-bond donors (Lipinski definition) is 3. The third kappa shape index (κ3) is 4.49. The van der Waals surface area contributed by atoms with Crippen molar-refractivity contribution < 1.29 is 13.5 Å². The van der Waals surface area contributed by atoms with Gasteiger partial charge in [-0.05, 0) is 43.8 Å². The van der Waals surface area contributed by atoms with Gasteiger partial charge >= 0.3 is 0 Å². The van der Waals surface area contributed by atoms with Gasteiger partial charge in [-0.3, -0.25) is 0 Å². The molecule has 1 saturated heterocycles. The maximum absolute atomic E-state index is 15.2. The van der Waals surface area contributed by atoms with Crippen LogP contribution in [0, 0.1) is 24.0 Å². The fourth-order valence-electron chi connectivity index (χ4n) is 3.89. The first-order valence-electron chi connectivity index (χ1n) is 10.4. The number of halogens is 2. The molecular weight excluding hydrogens is 414 g/mol. The Kier molecular flexibility index (Phi) is 6.20. The standard InChI is InChI=1S/C23H26F2N6O/c1-14-3-4-31-20(10-17-13-30(2)5-6-32-17)23(29-21(31)7-14)22-18(24)8-16(9-19(22)25)28-12-15(27)11-26/h3-4,7-9,11-12,17,26,28H,5-6,10,13,27H2,1-2H3/b15-12+,26-11?. The van der Waals surface area contributed by atoms with Gasteiger partial charge in [0.05, 0.1) is 35.4 Å². The number of aromatic nitrogens is 2. The Balaban J connectivity index is 1.78. The molecule has 0 bridgehead atoms. The highest BCUT2D eigenvalue weighted by Crippen LogP contribution is 2.33. The van der Waals surface area contributed by atoms with Gasteiger partial charge in [0.2, 0.25) is 0 Å². The van der Waals surface area contributed by atoms with Crippen molar-refractivity contribution in [2.45, 2.75) is 19.4 Å². The lowest BCUT2D eigenvalue weighted by atomic mass is 10.0. The molecular formula is C23H26F2N6O. The van der Waals surface area contributed by atoms with Crippen molar-refractivity contribution in [3.63, 3.8) is 0 Å². The molecule has 0 spiro atoms. The fourth-order valence-corrected chi connectivity index (χ4v) is 3.89. The lowest BCUT2D eigenvalue weighted by Gasteiger charge is -2.30. The Labute approximate surface area is 185 Å². The average molecular weight is 440 g/mol. The molecule has 9 heteroatoms. The molecule has 0 aliphatic carbocycles. The molecule has 32 heavy (non-hydrogen) atoms. The zero-order valence-corrected chi connectivity index (χ0v) is 18.0. The van der Waals surface area contributed by atoms with Crippen LogP contribution in [0.2, 0.25) is 0 Å². The van der Waals surface area contributed by atoms with E-state index in [0.29, 0.717) is 24.4 Å². The van der Waals surface area contributed by atoms with Crippen molar-refractivity contribution in [3.05, 3.63) is 65.3 Å². The molecule has 1 unspecified atom stereocenters. The number of fused-ring (bicyclic) bond motifs is 1. The van der Waals surface area contributed by atoms with Crippen molar-refractivity contribution >= 4 is 17.5 Å². The lowest BCUT2D eigenvalue weighted by Crippen LogP contribution is -2.41. The molecule has 0 saturated carbocycles. The van der Waals surface area contributed by atoms with Gasteiger partial charge in [0.1, 0.15) is 17.3 Å². The number of pyridine rings is 1. The second-order valence-electron chi connectivity index (χ2n) is 8.05. The van der Waals surface area contributed by atoms with E-state index in [9.17, 15) is 0 Å². The molecule has 0 amide bonds. The van der Waals surface area contributed by atoms with Gasteiger partial charge in [-0.15, -0.1) is 0 Å². The number of aryl methyl sites for hydroxylation is 1. The van der Waals surface area contributed by atoms with Crippen LogP contribution < -0.4 is 11.1 Å². The number of rotatable bonds is 6. The Morgan fingerprint density at radius 2 is 2.09 bits per heavy atom. The summed E-state index contributed by atoms with van der Waals surface area (Å²) in [5, 5.41) is 9.79. The number of nitrogens with two attached hydrogens (primary N) is 1. The number of imidazole rings is 1. The number of likely N-dealkylation sites (N-methyl/N-ethyl adjacent to an activating group) is 1. The summed E-state index contributed by atoms with van der Waals surface area (Å²) in [7, 11) is 2.03. The summed E-state index contributed by atoms with van der Waals surface area (Å²) in [6, 6.07) is 6.21. The number of nitrogens with zero attached hydrogens (tertiary/aromatic N) is 3. The van der Waals surface area contributed by atoms with Crippen LogP contribution >= 0.6 is 0 Å². The Bertz CT molecular complexity index is 1170. The van der Waals surface area contributed by atoms with E-state index in [1.54, 1.807) is 0 Å². The second kappa shape index (κ2) is 9.05. The fraction of sp³-hybridized carbons (Fsp3) is 0.304. The van der Waals surface area contributed by atoms with Crippen molar-refractivity contribution in [3.8, 4) is 11.3 Å². The van der Waals surface area contributed by atoms with Gasteiger partial charge in [-0.25, -0.2) is 13.8 Å². The first-order valence-corrected chi connectivity index (χ1v) is 10.4. The molecule has 3 aromatic rings. The van der Waals surface area contributed by atoms with Gasteiger partial charge in [0.25, 0.3) is 0 Å². The van der Waals surface area contributed by atoms with Crippen LogP contribution in [-0.2, 0) is 11.2 Å². The maximum atomic E-state index is 15.2. The number of ether oxygens (including phenoxy) is 1. The summed E-state index contributed by atoms with van der Waals surface area (Å²) < 4.78 is 38.1. The van der Waals surface area contributed by atoms with Crippen LogP contribution in [-0.4, -0.2) is 53.3 Å². The zero-order chi connectivity index (χ0) is 22.8. The first-order chi connectivity index (χ1) is 15.4. The number of allylic oxidation sites excluding steroid dienone is 1. The predicted octanol–water partition coefficient (Wildman–Crippen LogP) is 3.32. The molecule has 1 aliphatic rings. The quantitative estimate of drug-likeness (QED) is 0.512. The molecule has 1 fully saturated rings. The van der Waals surface area contributed by atoms with Crippen LogP contribution in [0.1, 0.15) is 11.3 Å². The highest BCUT2D eigenvalue weighted by molar-refractivity contribution is 5.75. The van der Waals surface area contributed by atoms with Crippen LogP contribution in [0.15, 0.2) is 42.4 Å². The summed E-state index contributed by atoms with van der Waals surface area (Å²) in [6.45, 7) is 4.14. The minimum atomic E-state index is -0.739. The van der Waals surface area contributed by atoms with Gasteiger partial charge in [-0.1, -0.05) is 0 Å². The number of benzene rings is 1. The van der Waals surface area contributed by atoms with E-state index >= 15 is 8.78 Å². The average Bonchev–Trinajstić information content (AvgIpc) is 3.08. The Morgan fingerprint density at radius 1 is 1.34 bits per heavy atom. The zero-order valence-electron chi connectivity index (χ0n) is 18.0. The number of anilines is 1. The predicted molar refractivity (Wildman–Crippen MR) is 121 cm³/mol. The van der Waals surface area contributed by atoms with Crippen LogP contribution in [0.5, 0.6) is 0 Å². The van der Waals surface area contributed by atoms with E-state index in [0.717, 1.165) is 24.9 Å². The van der Waals surface area contributed by atoms with Crippen molar-refractivity contribution in [1.82, 2.24) is 14.3 Å². The number of nitrogens with one attached hydrogen (secondary N) is 2. The van der Waals surface area contributed by atoms with Crippen LogP contribution in [0.3, 0.4) is 0 Å². The van der Waals surface area contributed by atoms with E-state index in [4.69, 9.17) is 15.9 Å². The third-order valence-corrected chi connectivity index (χ3v) is 5.49. The maximum Gasteiger partial charge on any atom is 0.137 e. The highest BCUT2D eigenvalue weighted by Gasteiger charge is 2.26. The molecule has 4 N–H and O–H groups in total. The molecule has 0 radical (unpaired) electrons. The summed E-state index contributed by atoms with van der Waals surface area (Å²) in [4.78, 5) is 6.78. The molecule has 1 atom stereocenters. The van der Waals surface area contributed by atoms with Crippen molar-refractivity contribution in [1.29, 1.82) is 5.41 Å². The van der Waals surface area contributed by atoms with Gasteiger partial charge in [-0.2, -0.15) is 0 Å². The summed E-state index contributed by atoms with van der Waals surface area (Å²) in [5.74, 6) is -1.48. The SMILES string of the molecule is Cc1ccn2c(CC3CN(C)CCO3)c(-c3c(F)cc(N/C=C(/N)C=N)cc3F)nc2c1. The Hall–Kier alpha value is -3.30. The molecule has 7 nitrogen and oxygen atoms in total. The molecule has 2 aromatic heterocycles. The number of morpholine rings is 1. The van der Waals surface area contributed by atoms with Gasteiger partial charge in [0.15, 0.2) is 0 Å². The Morgan fingerprint density at radius 3 is 2.78 bits per heavy atom. The number of hydrogen-bond acceptors (Lipinski definition) is 6. The van der Waals surface area contributed by atoms with Crippen LogP contribution in [0.25, 0.3) is 16.9 Å². The molecule has 1 aromatic carbocycles. The molecule has 1 aliphatic heterocycles. The minimum absolute atomic E-state index is 0.102. The summed E-state index contributed by atoms with van der Waals surface area (Å²) in [5.41, 5.74) is 8.27. The molecule has 168 valence electrons. The van der Waals surface area contributed by atoms with E-state index in [1.165, 1.54) is 18.3 Å². The van der Waals surface area contributed by atoms with E-state index < -0.39 is 11.6 Å². The normalized spacial score (nSPS) is 17.6. The minimum Gasteiger partial charge on any atom is -0.396 e.